The van der Waals surface area contributed by atoms with Crippen molar-refractivity contribution in [1.82, 2.24) is 15.2 Å². The molecule has 1 aromatic rings. The molecule has 0 aliphatic heterocycles. The van der Waals surface area contributed by atoms with Crippen LogP contribution in [-0.4, -0.2) is 32.4 Å². The molecule has 0 bridgehead atoms. The Balaban J connectivity index is 2.05. The number of aryl methyl sites for hydroxylation is 1. The summed E-state index contributed by atoms with van der Waals surface area (Å²) in [5.74, 6) is 0.438. The smallest absolute Gasteiger partial charge is 0.243 e. The second-order valence-corrected chi connectivity index (χ2v) is 4.47. The quantitative estimate of drug-likeness (QED) is 0.823. The van der Waals surface area contributed by atoms with Gasteiger partial charge in [0, 0.05) is 0 Å². The van der Waals surface area contributed by atoms with Gasteiger partial charge < -0.3 is 10.4 Å². The monoisotopic (exact) mass is 242 g/mol. The molecule has 5 nitrogen and oxygen atoms in total. The molecule has 1 fully saturated rings. The summed E-state index contributed by atoms with van der Waals surface area (Å²) in [5.41, 5.74) is 0.643. The molecule has 1 aliphatic carbocycles. The Morgan fingerprint density at radius 3 is 2.75 bits per heavy atom. The zero-order valence-electron chi connectivity index (χ0n) is 9.15. The zero-order valence-corrected chi connectivity index (χ0v) is 9.91. The Bertz CT molecular complexity index is 374. The van der Waals surface area contributed by atoms with E-state index in [4.69, 9.17) is 11.6 Å². The van der Waals surface area contributed by atoms with E-state index in [1.54, 1.807) is 6.92 Å². The molecule has 0 radical (unpaired) electrons. The number of aromatic nitrogens is 3. The summed E-state index contributed by atoms with van der Waals surface area (Å²) in [6.45, 7) is 1.78. The van der Waals surface area contributed by atoms with Gasteiger partial charge in [0.2, 0.25) is 5.95 Å². The lowest BCUT2D eigenvalue weighted by Gasteiger charge is -2.28. The van der Waals surface area contributed by atoms with Crippen LogP contribution in [0.15, 0.2) is 0 Å². The summed E-state index contributed by atoms with van der Waals surface area (Å²) in [4.78, 5) is 4.17. The first-order valence-electron chi connectivity index (χ1n) is 5.48. The standard InChI is InChI=1S/C10H15ClN4O/c1-6-9(11)14-15-10(12-6)13-7-4-2-3-5-8(7)16/h7-8,16H,2-5H2,1H3,(H,12,13,15). The highest BCUT2D eigenvalue weighted by atomic mass is 35.5. The van der Waals surface area contributed by atoms with E-state index in [2.05, 4.69) is 20.5 Å². The number of rotatable bonds is 2. The third-order valence-electron chi connectivity index (χ3n) is 2.85. The molecular weight excluding hydrogens is 228 g/mol. The van der Waals surface area contributed by atoms with Gasteiger partial charge in [0.25, 0.3) is 0 Å². The van der Waals surface area contributed by atoms with E-state index in [1.165, 1.54) is 0 Å². The molecule has 1 saturated carbocycles. The van der Waals surface area contributed by atoms with Gasteiger partial charge in [-0.25, -0.2) is 4.98 Å². The van der Waals surface area contributed by atoms with E-state index in [1.807, 2.05) is 0 Å². The highest BCUT2D eigenvalue weighted by molar-refractivity contribution is 6.29. The van der Waals surface area contributed by atoms with Crippen molar-refractivity contribution in [3.63, 3.8) is 0 Å². The SMILES string of the molecule is Cc1nc(NC2CCCCC2O)nnc1Cl. The molecule has 0 spiro atoms. The van der Waals surface area contributed by atoms with E-state index < -0.39 is 0 Å². The minimum absolute atomic E-state index is 0.0242. The van der Waals surface area contributed by atoms with Crippen molar-refractivity contribution in [2.24, 2.45) is 0 Å². The number of nitrogens with zero attached hydrogens (tertiary/aromatic N) is 3. The first-order chi connectivity index (χ1) is 7.66. The minimum atomic E-state index is -0.326. The van der Waals surface area contributed by atoms with Crippen LogP contribution in [0, 0.1) is 6.92 Å². The van der Waals surface area contributed by atoms with Crippen molar-refractivity contribution < 1.29 is 5.11 Å². The fraction of sp³-hybridized carbons (Fsp3) is 0.700. The van der Waals surface area contributed by atoms with Gasteiger partial charge in [0.05, 0.1) is 17.8 Å². The zero-order chi connectivity index (χ0) is 11.5. The maximum absolute atomic E-state index is 9.79. The minimum Gasteiger partial charge on any atom is -0.391 e. The predicted molar refractivity (Wildman–Crippen MR) is 61.5 cm³/mol. The van der Waals surface area contributed by atoms with Gasteiger partial charge in [-0.15, -0.1) is 10.2 Å². The molecule has 2 unspecified atom stereocenters. The van der Waals surface area contributed by atoms with Crippen molar-refractivity contribution in [3.05, 3.63) is 10.8 Å². The molecule has 0 aromatic carbocycles. The van der Waals surface area contributed by atoms with Crippen molar-refractivity contribution in [3.8, 4) is 0 Å². The number of nitrogens with one attached hydrogen (secondary N) is 1. The van der Waals surface area contributed by atoms with Crippen LogP contribution in [-0.2, 0) is 0 Å². The van der Waals surface area contributed by atoms with Gasteiger partial charge in [0.15, 0.2) is 5.15 Å². The van der Waals surface area contributed by atoms with Gasteiger partial charge >= 0.3 is 0 Å². The van der Waals surface area contributed by atoms with E-state index in [9.17, 15) is 5.11 Å². The van der Waals surface area contributed by atoms with Gasteiger partial charge in [-0.2, -0.15) is 0 Å². The number of aliphatic hydroxyl groups is 1. The summed E-state index contributed by atoms with van der Waals surface area (Å²) in [7, 11) is 0. The van der Waals surface area contributed by atoms with E-state index in [0.29, 0.717) is 16.8 Å². The Morgan fingerprint density at radius 2 is 2.06 bits per heavy atom. The summed E-state index contributed by atoms with van der Waals surface area (Å²) >= 11 is 5.74. The Morgan fingerprint density at radius 1 is 1.31 bits per heavy atom. The summed E-state index contributed by atoms with van der Waals surface area (Å²) in [6.07, 6.45) is 3.64. The Labute approximate surface area is 99.3 Å². The maximum Gasteiger partial charge on any atom is 0.243 e. The Hall–Kier alpha value is -0.940. The van der Waals surface area contributed by atoms with Crippen LogP contribution >= 0.6 is 11.6 Å². The molecular formula is C10H15ClN4O. The van der Waals surface area contributed by atoms with E-state index in [0.717, 1.165) is 25.7 Å². The molecule has 1 heterocycles. The van der Waals surface area contributed by atoms with Gasteiger partial charge in [-0.05, 0) is 19.8 Å². The van der Waals surface area contributed by atoms with Gasteiger partial charge in [-0.3, -0.25) is 0 Å². The van der Waals surface area contributed by atoms with Crippen molar-refractivity contribution >= 4 is 17.5 Å². The molecule has 1 aliphatic rings. The van der Waals surface area contributed by atoms with Crippen molar-refractivity contribution in [1.29, 1.82) is 0 Å². The van der Waals surface area contributed by atoms with Crippen LogP contribution in [0.1, 0.15) is 31.4 Å². The van der Waals surface area contributed by atoms with E-state index >= 15 is 0 Å². The number of aliphatic hydroxyl groups excluding tert-OH is 1. The normalized spacial score (nSPS) is 25.4. The lowest BCUT2D eigenvalue weighted by Crippen LogP contribution is -2.37. The van der Waals surface area contributed by atoms with Crippen molar-refractivity contribution in [2.75, 3.05) is 5.32 Å². The molecule has 0 amide bonds. The lowest BCUT2D eigenvalue weighted by molar-refractivity contribution is 0.116. The molecule has 2 atom stereocenters. The molecule has 2 rings (SSSR count). The first kappa shape index (κ1) is 11.5. The highest BCUT2D eigenvalue weighted by Gasteiger charge is 2.23. The third kappa shape index (κ3) is 2.59. The Kier molecular flexibility index (Phi) is 3.56. The van der Waals surface area contributed by atoms with Crippen LogP contribution < -0.4 is 5.32 Å². The van der Waals surface area contributed by atoms with Crippen LogP contribution in [0.4, 0.5) is 5.95 Å². The van der Waals surface area contributed by atoms with Crippen LogP contribution in [0.5, 0.6) is 0 Å². The second-order valence-electron chi connectivity index (χ2n) is 4.11. The molecule has 1 aromatic heterocycles. The number of halogens is 1. The summed E-state index contributed by atoms with van der Waals surface area (Å²) < 4.78 is 0. The van der Waals surface area contributed by atoms with Gasteiger partial charge in [0.1, 0.15) is 0 Å². The topological polar surface area (TPSA) is 70.9 Å². The second kappa shape index (κ2) is 4.93. The fourth-order valence-electron chi connectivity index (χ4n) is 1.90. The lowest BCUT2D eigenvalue weighted by atomic mass is 9.93. The number of hydrogen-bond acceptors (Lipinski definition) is 5. The molecule has 88 valence electrons. The van der Waals surface area contributed by atoms with Crippen molar-refractivity contribution in [2.45, 2.75) is 44.8 Å². The first-order valence-corrected chi connectivity index (χ1v) is 5.86. The molecule has 0 saturated heterocycles. The van der Waals surface area contributed by atoms with Gasteiger partial charge in [-0.1, -0.05) is 24.4 Å². The number of hydrogen-bond donors (Lipinski definition) is 2. The average molecular weight is 243 g/mol. The van der Waals surface area contributed by atoms with Crippen LogP contribution in [0.3, 0.4) is 0 Å². The van der Waals surface area contributed by atoms with E-state index in [-0.39, 0.29) is 12.1 Å². The highest BCUT2D eigenvalue weighted by Crippen LogP contribution is 2.21. The predicted octanol–water partition coefficient (Wildman–Crippen LogP) is 1.55. The largest absolute Gasteiger partial charge is 0.391 e. The maximum atomic E-state index is 9.79. The average Bonchev–Trinajstić information content (AvgIpc) is 2.27. The molecule has 16 heavy (non-hydrogen) atoms. The fourth-order valence-corrected chi connectivity index (χ4v) is 1.98. The third-order valence-corrected chi connectivity index (χ3v) is 3.20. The summed E-state index contributed by atoms with van der Waals surface area (Å²) in [6, 6.07) is 0.0242. The number of anilines is 1. The molecule has 6 heteroatoms. The van der Waals surface area contributed by atoms with Crippen LogP contribution in [0.25, 0.3) is 0 Å². The molecule has 2 N–H and O–H groups in total. The van der Waals surface area contributed by atoms with Crippen LogP contribution in [0.2, 0.25) is 5.15 Å². The summed E-state index contributed by atoms with van der Waals surface area (Å²) in [5, 5.41) is 20.8.